The summed E-state index contributed by atoms with van der Waals surface area (Å²) in [6.45, 7) is 9.76. The molecule has 14 aromatic carbocycles. The summed E-state index contributed by atoms with van der Waals surface area (Å²) in [5.41, 5.74) is 31.1. The van der Waals surface area contributed by atoms with Crippen molar-refractivity contribution in [2.24, 2.45) is 0 Å². The molecule has 0 saturated carbocycles. The van der Waals surface area contributed by atoms with Gasteiger partial charge in [0.2, 0.25) is 0 Å². The van der Waals surface area contributed by atoms with E-state index in [1.165, 1.54) is 117 Å². The predicted octanol–water partition coefficient (Wildman–Crippen LogP) is 24.2. The third-order valence-electron chi connectivity index (χ3n) is 22.7. The van der Waals surface area contributed by atoms with E-state index >= 15 is 0 Å². The van der Waals surface area contributed by atoms with Crippen LogP contribution in [-0.4, -0.2) is 0 Å². The monoisotopic (exact) mass is 1230 g/mol. The highest BCUT2D eigenvalue weighted by Gasteiger charge is 2.53. The van der Waals surface area contributed by atoms with Gasteiger partial charge in [-0.15, -0.1) is 0 Å². The first-order chi connectivity index (χ1) is 47.1. The Morgan fingerprint density at radius 3 is 1.32 bits per heavy atom. The first-order valence-electron chi connectivity index (χ1n) is 33.6. The summed E-state index contributed by atoms with van der Waals surface area (Å²) >= 11 is 0. The van der Waals surface area contributed by atoms with Gasteiger partial charge >= 0.3 is 0 Å². The fourth-order valence-corrected chi connectivity index (χ4v) is 18.9. The van der Waals surface area contributed by atoms with Crippen molar-refractivity contribution in [3.8, 4) is 44.5 Å². The third-order valence-corrected chi connectivity index (χ3v) is 22.7. The van der Waals surface area contributed by atoms with Crippen LogP contribution < -0.4 is 4.90 Å². The van der Waals surface area contributed by atoms with Crippen LogP contribution in [0.2, 0.25) is 0 Å². The summed E-state index contributed by atoms with van der Waals surface area (Å²) in [6, 6.07) is 111. The molecule has 452 valence electrons. The minimum absolute atomic E-state index is 0.283. The van der Waals surface area contributed by atoms with Crippen LogP contribution in [0, 0.1) is 0 Å². The first kappa shape index (κ1) is 53.8. The van der Waals surface area contributed by atoms with Crippen LogP contribution in [0.3, 0.4) is 0 Å². The summed E-state index contributed by atoms with van der Waals surface area (Å²) in [4.78, 5) is 2.53. The Labute approximate surface area is 555 Å². The molecule has 0 atom stereocenters. The molecule has 0 aliphatic heterocycles. The minimum atomic E-state index is -0.806. The minimum Gasteiger partial charge on any atom is -0.456 e. The van der Waals surface area contributed by atoms with Crippen LogP contribution >= 0.6 is 0 Å². The highest BCUT2D eigenvalue weighted by Crippen LogP contribution is 2.67. The van der Waals surface area contributed by atoms with Gasteiger partial charge in [-0.25, -0.2) is 0 Å². The van der Waals surface area contributed by atoms with Crippen LogP contribution in [-0.2, 0) is 21.7 Å². The lowest BCUT2D eigenvalue weighted by Gasteiger charge is -2.36. The molecule has 4 aliphatic carbocycles. The van der Waals surface area contributed by atoms with Crippen molar-refractivity contribution >= 4 is 82.9 Å². The molecule has 4 aliphatic rings. The Kier molecular flexibility index (Phi) is 10.6. The molecule has 3 heterocycles. The van der Waals surface area contributed by atoms with Crippen molar-refractivity contribution in [1.82, 2.24) is 0 Å². The van der Waals surface area contributed by atoms with Gasteiger partial charge in [0.25, 0.3) is 0 Å². The number of nitrogens with zero attached hydrogens (tertiary/aromatic N) is 1. The van der Waals surface area contributed by atoms with Crippen molar-refractivity contribution in [2.75, 3.05) is 4.90 Å². The fraction of sp³-hybridized carbons (Fsp3) is 0.0870. The molecule has 0 N–H and O–H groups in total. The lowest BCUT2D eigenvalue weighted by atomic mass is 9.66. The maximum Gasteiger partial charge on any atom is 0.144 e. The molecule has 4 heteroatoms. The van der Waals surface area contributed by atoms with E-state index in [0.29, 0.717) is 0 Å². The Balaban J connectivity index is 0.857. The molecule has 3 aromatic heterocycles. The van der Waals surface area contributed by atoms with Gasteiger partial charge in [-0.05, 0) is 179 Å². The molecule has 17 aromatic rings. The number of para-hydroxylation sites is 3. The molecule has 0 bridgehead atoms. The Hall–Kier alpha value is -11.7. The molecular formula is C92H61NO3. The van der Waals surface area contributed by atoms with Gasteiger partial charge < -0.3 is 18.2 Å². The van der Waals surface area contributed by atoms with Crippen molar-refractivity contribution < 1.29 is 13.3 Å². The normalized spacial score (nSPS) is 15.2. The topological polar surface area (TPSA) is 42.7 Å². The molecule has 96 heavy (non-hydrogen) atoms. The number of rotatable bonds is 7. The number of furan rings is 3. The SMILES string of the molecule is CC1(C)c2cc(N(c3ccc4c(c3)C(c3ccccc3)(c3ccccc3)c3cc5c(cc3-4)C(c3ccccc3)(c3ccccc3)c3ccc4oc6ccccc6c4c3-5)c3cccc4oc5ccccc5c34)ccc2-c2c1c1c(c3c2oc2ccccc23)-c2ccccc2C1(C)C. The van der Waals surface area contributed by atoms with Gasteiger partial charge in [0.1, 0.15) is 33.5 Å². The van der Waals surface area contributed by atoms with Gasteiger partial charge in [-0.1, -0.05) is 252 Å². The van der Waals surface area contributed by atoms with Crippen LogP contribution in [0.25, 0.3) is 110 Å². The molecule has 4 nitrogen and oxygen atoms in total. The molecule has 0 fully saturated rings. The first-order valence-corrected chi connectivity index (χ1v) is 33.6. The highest BCUT2D eigenvalue weighted by atomic mass is 16.3. The molecule has 0 unspecified atom stereocenters. The predicted molar refractivity (Wildman–Crippen MR) is 393 cm³/mol. The molecule has 0 spiro atoms. The third kappa shape index (κ3) is 6.68. The summed E-state index contributed by atoms with van der Waals surface area (Å²) in [6.07, 6.45) is 0. The summed E-state index contributed by atoms with van der Waals surface area (Å²) in [7, 11) is 0. The quantitative estimate of drug-likeness (QED) is 0.159. The summed E-state index contributed by atoms with van der Waals surface area (Å²) < 4.78 is 20.9. The van der Waals surface area contributed by atoms with E-state index in [4.69, 9.17) is 13.3 Å². The zero-order valence-electron chi connectivity index (χ0n) is 53.5. The van der Waals surface area contributed by atoms with Crippen molar-refractivity contribution in [3.05, 3.63) is 364 Å². The van der Waals surface area contributed by atoms with Crippen LogP contribution in [0.4, 0.5) is 17.1 Å². The van der Waals surface area contributed by atoms with Crippen molar-refractivity contribution in [2.45, 2.75) is 49.4 Å². The number of hydrogen-bond donors (Lipinski definition) is 0. The van der Waals surface area contributed by atoms with Gasteiger partial charge in [0, 0.05) is 54.7 Å². The van der Waals surface area contributed by atoms with Gasteiger partial charge in [0.05, 0.1) is 21.9 Å². The Morgan fingerprint density at radius 1 is 0.260 bits per heavy atom. The Bertz CT molecular complexity index is 6120. The van der Waals surface area contributed by atoms with E-state index in [1.54, 1.807) is 0 Å². The maximum atomic E-state index is 7.22. The molecular weight excluding hydrogens is 1170 g/mol. The van der Waals surface area contributed by atoms with E-state index in [1.807, 2.05) is 0 Å². The van der Waals surface area contributed by atoms with Crippen LogP contribution in [0.1, 0.15) is 94.5 Å². The zero-order chi connectivity index (χ0) is 63.6. The maximum absolute atomic E-state index is 7.22. The van der Waals surface area contributed by atoms with E-state index in [2.05, 4.69) is 330 Å². The molecule has 0 radical (unpaired) electrons. The smallest absolute Gasteiger partial charge is 0.144 e. The van der Waals surface area contributed by atoms with Crippen molar-refractivity contribution in [1.29, 1.82) is 0 Å². The average Bonchev–Trinajstić information content (AvgIpc) is 1.51. The highest BCUT2D eigenvalue weighted by molar-refractivity contribution is 6.22. The number of hydrogen-bond acceptors (Lipinski definition) is 4. The zero-order valence-corrected chi connectivity index (χ0v) is 53.5. The standard InChI is InChI=1S/C92H61NO3/c1-89(2)68-38-21-17-34-61(68)83-84-65-37-20-24-42-77(65)96-88(84)85-62-47-45-58(50-70(62)90(3,4)87(85)86(83)89)93(74-39-25-43-78-81(74)63-35-18-22-40-75(63)94-78)59-44-46-60-66-52-73-67(53-72(66)92(71(60)51-59,56-30-13-7-14-31-56)57-32-15-8-16-33-57)80-69(48-49-79-82(80)64-36-19-23-41-76(64)95-79)91(73,54-26-9-5-10-27-54)55-28-11-6-12-29-55/h5-53H,1-4H3. The van der Waals surface area contributed by atoms with Gasteiger partial charge in [-0.3, -0.25) is 0 Å². The van der Waals surface area contributed by atoms with E-state index in [0.717, 1.165) is 77.5 Å². The molecule has 21 rings (SSSR count). The van der Waals surface area contributed by atoms with E-state index in [-0.39, 0.29) is 5.41 Å². The van der Waals surface area contributed by atoms with E-state index < -0.39 is 16.2 Å². The number of anilines is 3. The van der Waals surface area contributed by atoms with Gasteiger partial charge in [-0.2, -0.15) is 0 Å². The van der Waals surface area contributed by atoms with Crippen LogP contribution in [0.15, 0.2) is 311 Å². The van der Waals surface area contributed by atoms with Crippen molar-refractivity contribution in [3.63, 3.8) is 0 Å². The Morgan fingerprint density at radius 2 is 0.698 bits per heavy atom. The number of benzene rings is 14. The average molecular weight is 1230 g/mol. The largest absolute Gasteiger partial charge is 0.456 e. The lowest BCUT2D eigenvalue weighted by molar-refractivity contribution is 0.600. The molecule has 0 amide bonds. The molecule has 0 saturated heterocycles. The van der Waals surface area contributed by atoms with E-state index in [9.17, 15) is 0 Å². The lowest BCUT2D eigenvalue weighted by Crippen LogP contribution is -2.30. The second kappa shape index (κ2) is 19.0. The second-order valence-electron chi connectivity index (χ2n) is 28.0. The fourth-order valence-electron chi connectivity index (χ4n) is 18.9. The summed E-state index contributed by atoms with van der Waals surface area (Å²) in [5.74, 6) is 0. The summed E-state index contributed by atoms with van der Waals surface area (Å²) in [5, 5.41) is 6.73. The van der Waals surface area contributed by atoms with Crippen LogP contribution in [0.5, 0.6) is 0 Å². The number of fused-ring (bicyclic) bond motifs is 25. The van der Waals surface area contributed by atoms with Gasteiger partial charge in [0.15, 0.2) is 0 Å². The second-order valence-corrected chi connectivity index (χ2v) is 28.0.